The second-order valence-electron chi connectivity index (χ2n) is 7.52. The van der Waals surface area contributed by atoms with Crippen LogP contribution in [0.15, 0.2) is 42.5 Å². The van der Waals surface area contributed by atoms with Crippen LogP contribution in [-0.4, -0.2) is 54.3 Å². The minimum Gasteiger partial charge on any atom is -0.496 e. The highest BCUT2D eigenvalue weighted by Gasteiger charge is 2.26. The lowest BCUT2D eigenvalue weighted by molar-refractivity contribution is 0.0499. The fraction of sp³-hybridized carbons (Fsp3) is 0.417. The van der Waals surface area contributed by atoms with E-state index in [1.54, 1.807) is 7.11 Å². The Hall–Kier alpha value is -2.32. The molecule has 0 aliphatic carbocycles. The predicted molar refractivity (Wildman–Crippen MR) is 113 cm³/mol. The van der Waals surface area contributed by atoms with E-state index >= 15 is 0 Å². The van der Waals surface area contributed by atoms with Crippen molar-refractivity contribution in [2.75, 3.05) is 33.4 Å². The maximum absolute atomic E-state index is 9.57. The number of piperazine rings is 1. The van der Waals surface area contributed by atoms with Crippen molar-refractivity contribution in [3.05, 3.63) is 64.7 Å². The summed E-state index contributed by atoms with van der Waals surface area (Å²) in [5.74, 6) is 3.59. The normalized spacial score (nSPS) is 18.0. The van der Waals surface area contributed by atoms with Crippen LogP contribution in [-0.2, 0) is 13.1 Å². The molecular weight excluding hydrogens is 348 g/mol. The molecule has 0 saturated carbocycles. The Bertz CT molecular complexity index is 810. The lowest BCUT2D eigenvalue weighted by atomic mass is 10.0. The molecule has 1 atom stereocenters. The van der Waals surface area contributed by atoms with Gasteiger partial charge in [0.05, 0.1) is 7.11 Å². The second-order valence-corrected chi connectivity index (χ2v) is 7.52. The number of aliphatic hydroxyl groups is 1. The number of benzene rings is 2. The standard InChI is InChI=1S/C24H30N2O2/c1-4-20-5-7-21(8-6-20)16-25-12-13-26(23(18-25)11-14-27)17-22-9-10-24(28-3)19(2)15-22/h1,5-10,15,23,27H,11-14,16-18H2,2-3H3/t23-/m1/s1. The van der Waals surface area contributed by atoms with Gasteiger partial charge in [0.15, 0.2) is 0 Å². The lowest BCUT2D eigenvalue weighted by Crippen LogP contribution is -2.52. The molecule has 148 valence electrons. The highest BCUT2D eigenvalue weighted by atomic mass is 16.5. The maximum Gasteiger partial charge on any atom is 0.121 e. The largest absolute Gasteiger partial charge is 0.496 e. The van der Waals surface area contributed by atoms with Gasteiger partial charge in [0.2, 0.25) is 0 Å². The van der Waals surface area contributed by atoms with Crippen molar-refractivity contribution in [1.82, 2.24) is 9.80 Å². The van der Waals surface area contributed by atoms with Crippen molar-refractivity contribution in [2.24, 2.45) is 0 Å². The van der Waals surface area contributed by atoms with Crippen LogP contribution in [0.25, 0.3) is 0 Å². The summed E-state index contributed by atoms with van der Waals surface area (Å²) in [6.45, 7) is 7.10. The Morgan fingerprint density at radius 3 is 2.50 bits per heavy atom. The smallest absolute Gasteiger partial charge is 0.121 e. The molecule has 0 radical (unpaired) electrons. The van der Waals surface area contributed by atoms with Crippen LogP contribution in [0.2, 0.25) is 0 Å². The summed E-state index contributed by atoms with van der Waals surface area (Å²) >= 11 is 0. The van der Waals surface area contributed by atoms with Gasteiger partial charge in [-0.15, -0.1) is 6.42 Å². The Morgan fingerprint density at radius 2 is 1.86 bits per heavy atom. The molecule has 0 aromatic heterocycles. The van der Waals surface area contributed by atoms with Crippen molar-refractivity contribution in [3.63, 3.8) is 0 Å². The van der Waals surface area contributed by atoms with E-state index in [4.69, 9.17) is 11.2 Å². The summed E-state index contributed by atoms with van der Waals surface area (Å²) in [5.41, 5.74) is 4.65. The fourth-order valence-electron chi connectivity index (χ4n) is 3.97. The first-order valence-corrected chi connectivity index (χ1v) is 9.89. The van der Waals surface area contributed by atoms with E-state index in [9.17, 15) is 5.11 Å². The molecule has 0 amide bonds. The molecule has 2 aromatic carbocycles. The third-order valence-corrected chi connectivity index (χ3v) is 5.52. The number of aliphatic hydroxyl groups excluding tert-OH is 1. The van der Waals surface area contributed by atoms with E-state index in [-0.39, 0.29) is 6.61 Å². The van der Waals surface area contributed by atoms with Gasteiger partial charge < -0.3 is 9.84 Å². The number of ether oxygens (including phenoxy) is 1. The lowest BCUT2D eigenvalue weighted by Gasteiger charge is -2.41. The molecule has 1 aliphatic heterocycles. The summed E-state index contributed by atoms with van der Waals surface area (Å²) in [7, 11) is 1.71. The Labute approximate surface area is 168 Å². The van der Waals surface area contributed by atoms with Crippen molar-refractivity contribution >= 4 is 0 Å². The number of methoxy groups -OCH3 is 1. The molecule has 3 rings (SSSR count). The molecule has 1 aliphatic rings. The minimum atomic E-state index is 0.216. The van der Waals surface area contributed by atoms with Crippen LogP contribution >= 0.6 is 0 Å². The Morgan fingerprint density at radius 1 is 1.11 bits per heavy atom. The molecule has 1 heterocycles. The van der Waals surface area contributed by atoms with E-state index in [1.807, 2.05) is 18.2 Å². The van der Waals surface area contributed by atoms with E-state index < -0.39 is 0 Å². The number of hydrogen-bond donors (Lipinski definition) is 1. The minimum absolute atomic E-state index is 0.216. The Balaban J connectivity index is 1.63. The van der Waals surface area contributed by atoms with Gasteiger partial charge >= 0.3 is 0 Å². The molecule has 4 nitrogen and oxygen atoms in total. The predicted octanol–water partition coefficient (Wildman–Crippen LogP) is 3.05. The fourth-order valence-corrected chi connectivity index (χ4v) is 3.97. The highest BCUT2D eigenvalue weighted by molar-refractivity contribution is 5.36. The average molecular weight is 379 g/mol. The molecule has 1 fully saturated rings. The topological polar surface area (TPSA) is 35.9 Å². The molecule has 0 unspecified atom stereocenters. The summed E-state index contributed by atoms with van der Waals surface area (Å²) < 4.78 is 5.37. The number of nitrogens with zero attached hydrogens (tertiary/aromatic N) is 2. The van der Waals surface area contributed by atoms with Crippen molar-refractivity contribution < 1.29 is 9.84 Å². The van der Waals surface area contributed by atoms with Crippen LogP contribution in [0.3, 0.4) is 0 Å². The van der Waals surface area contributed by atoms with Gasteiger partial charge in [-0.05, 0) is 48.2 Å². The van der Waals surface area contributed by atoms with Gasteiger partial charge in [0.25, 0.3) is 0 Å². The van der Waals surface area contributed by atoms with Crippen LogP contribution in [0.1, 0.15) is 28.7 Å². The molecule has 0 bridgehead atoms. The SMILES string of the molecule is C#Cc1ccc(CN2CCN(Cc3ccc(OC)c(C)c3)[C@H](CCO)C2)cc1. The summed E-state index contributed by atoms with van der Waals surface area (Å²) in [5, 5.41) is 9.57. The first kappa shape index (κ1) is 20.4. The van der Waals surface area contributed by atoms with Gasteiger partial charge in [-0.25, -0.2) is 0 Å². The van der Waals surface area contributed by atoms with Crippen LogP contribution in [0.4, 0.5) is 0 Å². The zero-order valence-corrected chi connectivity index (χ0v) is 16.9. The van der Waals surface area contributed by atoms with Gasteiger partial charge in [-0.3, -0.25) is 9.80 Å². The molecule has 2 aromatic rings. The van der Waals surface area contributed by atoms with E-state index in [2.05, 4.69) is 46.9 Å². The monoisotopic (exact) mass is 378 g/mol. The summed E-state index contributed by atoms with van der Waals surface area (Å²) in [6, 6.07) is 15.0. The zero-order valence-electron chi connectivity index (χ0n) is 16.9. The molecule has 28 heavy (non-hydrogen) atoms. The number of terminal acetylenes is 1. The first-order valence-electron chi connectivity index (χ1n) is 9.89. The summed E-state index contributed by atoms with van der Waals surface area (Å²) in [4.78, 5) is 4.97. The first-order chi connectivity index (χ1) is 13.6. The molecule has 1 N–H and O–H groups in total. The highest BCUT2D eigenvalue weighted by Crippen LogP contribution is 2.22. The molecule has 4 heteroatoms. The van der Waals surface area contributed by atoms with Crippen LogP contribution in [0.5, 0.6) is 5.75 Å². The zero-order chi connectivity index (χ0) is 19.9. The van der Waals surface area contributed by atoms with Gasteiger partial charge in [-0.1, -0.05) is 30.2 Å². The molecular formula is C24H30N2O2. The van der Waals surface area contributed by atoms with E-state index in [0.29, 0.717) is 6.04 Å². The third-order valence-electron chi connectivity index (χ3n) is 5.52. The molecule has 1 saturated heterocycles. The van der Waals surface area contributed by atoms with Gasteiger partial charge in [-0.2, -0.15) is 0 Å². The third kappa shape index (κ3) is 5.14. The summed E-state index contributed by atoms with van der Waals surface area (Å²) in [6.07, 6.45) is 6.24. The molecule has 0 spiro atoms. The number of rotatable bonds is 7. The van der Waals surface area contributed by atoms with Crippen LogP contribution in [0, 0.1) is 19.3 Å². The van der Waals surface area contributed by atoms with Crippen molar-refractivity contribution in [2.45, 2.75) is 32.5 Å². The van der Waals surface area contributed by atoms with E-state index in [1.165, 1.54) is 11.1 Å². The maximum atomic E-state index is 9.57. The number of aryl methyl sites for hydroxylation is 1. The Kier molecular flexibility index (Phi) is 7.11. The number of hydrogen-bond acceptors (Lipinski definition) is 4. The van der Waals surface area contributed by atoms with E-state index in [0.717, 1.165) is 56.0 Å². The van der Waals surface area contributed by atoms with Crippen LogP contribution < -0.4 is 4.74 Å². The van der Waals surface area contributed by atoms with Gasteiger partial charge in [0, 0.05) is 50.9 Å². The van der Waals surface area contributed by atoms with Crippen molar-refractivity contribution in [1.29, 1.82) is 0 Å². The average Bonchev–Trinajstić information content (AvgIpc) is 2.71. The second kappa shape index (κ2) is 9.75. The quantitative estimate of drug-likeness (QED) is 0.752. The van der Waals surface area contributed by atoms with Crippen molar-refractivity contribution in [3.8, 4) is 18.1 Å². The van der Waals surface area contributed by atoms with Gasteiger partial charge in [0.1, 0.15) is 5.75 Å².